The number of tetrazole rings is 1. The molecule has 23 heteroatoms. The number of carboxylic acids is 1. The van der Waals surface area contributed by atoms with E-state index in [1.54, 1.807) is 9.80 Å². The molecular weight excluding hydrogens is 810 g/mol. The number of anilines is 1. The third kappa shape index (κ3) is 7.54. The first-order valence-corrected chi connectivity index (χ1v) is 19.4. The zero-order valence-electron chi connectivity index (χ0n) is 29.8. The van der Waals surface area contributed by atoms with Gasteiger partial charge >= 0.3 is 29.6 Å². The van der Waals surface area contributed by atoms with Crippen LogP contribution in [0.15, 0.2) is 22.9 Å². The molecule has 0 radical (unpaired) electrons. The second kappa shape index (κ2) is 15.8. The third-order valence-electron chi connectivity index (χ3n) is 10.3. The van der Waals surface area contributed by atoms with Crippen LogP contribution in [0, 0.1) is 5.92 Å². The van der Waals surface area contributed by atoms with E-state index in [2.05, 4.69) is 30.8 Å². The number of phenolic OH excluding ortho intramolecular Hbond substituents is 2. The van der Waals surface area contributed by atoms with E-state index in [-0.39, 0.29) is 91.1 Å². The normalized spacial score (nSPS) is 23.8. The smallest absolute Gasteiger partial charge is 0.546 e. The Bertz CT molecular complexity index is 2120. The Morgan fingerprint density at radius 3 is 2.67 bits per heavy atom. The van der Waals surface area contributed by atoms with E-state index in [4.69, 9.17) is 33.8 Å². The number of rotatable bonds is 11. The number of oxime groups is 1. The van der Waals surface area contributed by atoms with Gasteiger partial charge in [-0.3, -0.25) is 19.3 Å². The quantitative estimate of drug-likeness (QED) is 0.0417. The summed E-state index contributed by atoms with van der Waals surface area (Å²) in [4.78, 5) is 65.5. The summed E-state index contributed by atoms with van der Waals surface area (Å²) in [5.41, 5.74) is 5.01. The van der Waals surface area contributed by atoms with Crippen LogP contribution >= 0.6 is 46.3 Å². The number of phenols is 2. The number of aromatic hydroxyl groups is 2. The SMILES string of the molecule is CC(C)(O/N=C(\C(=O)C[C@@H]1C(=O)N2C(c3nn[nH]n3)=C(C[N@+]34CCC[C@H]3CN(C(=O)c3ccc(O)c(O)c3Cl)CC4)CS[C@H]12)c1nc(N)sc1Cl)C(=O)[O-].[Na+]. The molecule has 3 saturated heterocycles. The molecule has 0 bridgehead atoms. The van der Waals surface area contributed by atoms with Crippen LogP contribution in [0.4, 0.5) is 5.13 Å². The molecule has 0 unspecified atom stereocenters. The van der Waals surface area contributed by atoms with Crippen molar-refractivity contribution in [2.24, 2.45) is 11.1 Å². The number of thioether (sulfide) groups is 1. The number of fused-ring (bicyclic) bond motifs is 2. The van der Waals surface area contributed by atoms with Gasteiger partial charge in [0, 0.05) is 30.6 Å². The number of amides is 2. The standard InChI is InChI=1S/C32H34Cl2N10O8S2.Na/c1-32(2,30(50)51)52-39-21(22-25(34)54-31(35)36-22)19(46)10-17-28(49)43-23(26-37-40-41-38-26)14(13-53-29(17)43)12-44-8-3-4-15(44)11-42(7-9-44)27(48)16-5-6-18(45)24(47)20(16)33;/h5-6,15,17,29H,3-4,7-13H2,1-2H3,(H5-,35,36,37,38,39,40,41,45,46,47,48,50,51);/q;+1/t15-,17+,29+,44+;/m0./s1. The summed E-state index contributed by atoms with van der Waals surface area (Å²) in [7, 11) is 0. The van der Waals surface area contributed by atoms with Gasteiger partial charge in [-0.05, 0) is 31.2 Å². The van der Waals surface area contributed by atoms with Crippen LogP contribution < -0.4 is 40.4 Å². The van der Waals surface area contributed by atoms with Crippen molar-refractivity contribution in [3.05, 3.63) is 44.1 Å². The number of hydrogen-bond acceptors (Lipinski definition) is 16. The summed E-state index contributed by atoms with van der Waals surface area (Å²) >= 11 is 14.9. The number of aliphatic carboxylic acids is 1. The fourth-order valence-corrected chi connectivity index (χ4v) is 10.0. The van der Waals surface area contributed by atoms with Crippen LogP contribution in [0.25, 0.3) is 5.70 Å². The van der Waals surface area contributed by atoms with E-state index < -0.39 is 40.1 Å². The minimum atomic E-state index is -1.89. The second-order valence-electron chi connectivity index (χ2n) is 14.0. The Kier molecular flexibility index (Phi) is 11.8. The van der Waals surface area contributed by atoms with Gasteiger partial charge in [0.1, 0.15) is 22.6 Å². The molecule has 4 aliphatic rings. The largest absolute Gasteiger partial charge is 1.00 e. The average Bonchev–Trinajstić information content (AvgIpc) is 3.89. The minimum absolute atomic E-state index is 0. The van der Waals surface area contributed by atoms with E-state index in [9.17, 15) is 34.5 Å². The predicted octanol–water partition coefficient (Wildman–Crippen LogP) is -1.75. The van der Waals surface area contributed by atoms with Gasteiger partial charge in [-0.15, -0.1) is 22.0 Å². The van der Waals surface area contributed by atoms with Crippen molar-refractivity contribution in [1.82, 2.24) is 35.4 Å². The van der Waals surface area contributed by atoms with Gasteiger partial charge in [-0.2, -0.15) is 5.21 Å². The summed E-state index contributed by atoms with van der Waals surface area (Å²) in [6.07, 6.45) is 1.50. The number of benzene rings is 1. The summed E-state index contributed by atoms with van der Waals surface area (Å²) in [6, 6.07) is 2.72. The number of H-pyrrole nitrogens is 1. The molecule has 3 fully saturated rings. The molecule has 0 saturated carbocycles. The number of nitrogens with zero attached hydrogens (tertiary/aromatic N) is 8. The number of aromatic amines is 1. The second-order valence-corrected chi connectivity index (χ2v) is 17.1. The van der Waals surface area contributed by atoms with Crippen LogP contribution in [0.1, 0.15) is 55.0 Å². The molecule has 0 spiro atoms. The van der Waals surface area contributed by atoms with Gasteiger partial charge in [0.15, 0.2) is 33.7 Å². The maximum atomic E-state index is 14.0. The van der Waals surface area contributed by atoms with Crippen molar-refractivity contribution in [2.75, 3.05) is 44.2 Å². The molecule has 3 aromatic rings. The van der Waals surface area contributed by atoms with E-state index in [0.717, 1.165) is 36.3 Å². The number of quaternary nitrogens is 1. The number of thiazole rings is 1. The number of hydrogen-bond donors (Lipinski definition) is 4. The van der Waals surface area contributed by atoms with Crippen molar-refractivity contribution in [3.8, 4) is 11.5 Å². The molecule has 18 nitrogen and oxygen atoms in total. The Morgan fingerprint density at radius 2 is 2.00 bits per heavy atom. The fourth-order valence-electron chi connectivity index (χ4n) is 7.46. The molecule has 1 aromatic carbocycles. The third-order valence-corrected chi connectivity index (χ3v) is 13.2. The van der Waals surface area contributed by atoms with Gasteiger partial charge in [0.05, 0.1) is 59.7 Å². The number of β-lactam (4-membered cyclic amide) rings is 1. The van der Waals surface area contributed by atoms with Crippen LogP contribution in [0.3, 0.4) is 0 Å². The number of Topliss-reactive ketones (excluding diaryl/α,β-unsaturated/α-hetero) is 1. The first-order chi connectivity index (χ1) is 25.6. The number of carboxylic acid groups (broad SMARTS) is 1. The van der Waals surface area contributed by atoms with Gasteiger partial charge in [-0.25, -0.2) is 4.98 Å². The number of nitrogen functional groups attached to an aromatic ring is 1. The summed E-state index contributed by atoms with van der Waals surface area (Å²) in [5, 5.41) is 49.4. The summed E-state index contributed by atoms with van der Waals surface area (Å²) in [6.45, 7) is 5.33. The molecule has 6 heterocycles. The molecule has 286 valence electrons. The maximum Gasteiger partial charge on any atom is 1.00 e. The van der Waals surface area contributed by atoms with Crippen LogP contribution in [0.2, 0.25) is 9.36 Å². The van der Waals surface area contributed by atoms with E-state index in [1.807, 2.05) is 0 Å². The number of carbonyl (C=O) groups is 4. The van der Waals surface area contributed by atoms with Gasteiger partial charge < -0.3 is 40.1 Å². The first kappa shape index (κ1) is 41.1. The molecule has 55 heavy (non-hydrogen) atoms. The van der Waals surface area contributed by atoms with Crippen molar-refractivity contribution < 1.29 is 73.4 Å². The maximum absolute atomic E-state index is 14.0. The van der Waals surface area contributed by atoms with Crippen LogP contribution in [0.5, 0.6) is 11.5 Å². The summed E-state index contributed by atoms with van der Waals surface area (Å²) in [5.74, 6) is -3.90. The Balaban J connectivity index is 0.00000514. The number of nitrogens with two attached hydrogens (primary N) is 1. The molecule has 4 atom stereocenters. The van der Waals surface area contributed by atoms with Crippen molar-refractivity contribution >= 4 is 86.4 Å². The Morgan fingerprint density at radius 1 is 1.24 bits per heavy atom. The molecule has 7 rings (SSSR count). The van der Waals surface area contributed by atoms with E-state index >= 15 is 0 Å². The number of aromatic nitrogens is 5. The molecule has 2 amide bonds. The van der Waals surface area contributed by atoms with Crippen LogP contribution in [-0.4, -0.2) is 135 Å². The zero-order valence-corrected chi connectivity index (χ0v) is 35.0. The Hall–Kier alpha value is -3.50. The van der Waals surface area contributed by atoms with Crippen molar-refractivity contribution in [3.63, 3.8) is 0 Å². The topological polar surface area (TPSA) is 253 Å². The van der Waals surface area contributed by atoms with Crippen molar-refractivity contribution in [2.45, 2.75) is 50.1 Å². The van der Waals surface area contributed by atoms with E-state index in [1.165, 1.54) is 37.7 Å². The fraction of sp³-hybridized carbons (Fsp3) is 0.469. The minimum Gasteiger partial charge on any atom is -0.546 e. The summed E-state index contributed by atoms with van der Waals surface area (Å²) < 4.78 is 0.723. The molecule has 2 aromatic heterocycles. The Labute approximate surface area is 353 Å². The number of halogens is 2. The first-order valence-electron chi connectivity index (χ1n) is 16.8. The number of ketones is 1. The van der Waals surface area contributed by atoms with Crippen molar-refractivity contribution in [1.29, 1.82) is 0 Å². The van der Waals surface area contributed by atoms with Crippen LogP contribution in [-0.2, 0) is 19.2 Å². The average molecular weight is 845 g/mol. The molecule has 4 aliphatic heterocycles. The molecule has 5 N–H and O–H groups in total. The predicted molar refractivity (Wildman–Crippen MR) is 194 cm³/mol. The number of piperazine rings is 1. The monoisotopic (exact) mass is 843 g/mol. The van der Waals surface area contributed by atoms with E-state index in [0.29, 0.717) is 42.1 Å². The number of carbonyl (C=O) groups excluding carboxylic acids is 4. The zero-order chi connectivity index (χ0) is 38.7. The molecule has 0 aliphatic carbocycles. The van der Waals surface area contributed by atoms with Gasteiger partial charge in [-0.1, -0.05) is 39.7 Å². The number of nitrogens with one attached hydrogen (secondary N) is 1. The van der Waals surface area contributed by atoms with Gasteiger partial charge in [0.25, 0.3) is 5.91 Å². The van der Waals surface area contributed by atoms with Gasteiger partial charge in [0.2, 0.25) is 11.7 Å². The molecular formula is C32H34Cl2N10NaO8S2+.